The maximum atomic E-state index is 12.2. The zero-order chi connectivity index (χ0) is 14.6. The van der Waals surface area contributed by atoms with Crippen LogP contribution >= 0.6 is 0 Å². The van der Waals surface area contributed by atoms with Gasteiger partial charge in [-0.1, -0.05) is 36.8 Å². The molecule has 2 rings (SSSR count). The van der Waals surface area contributed by atoms with Crippen LogP contribution in [-0.4, -0.2) is 12.5 Å². The van der Waals surface area contributed by atoms with Gasteiger partial charge in [-0.15, -0.1) is 0 Å². The molecule has 0 atom stereocenters. The summed E-state index contributed by atoms with van der Waals surface area (Å²) in [6, 6.07) is 7.76. The van der Waals surface area contributed by atoms with Gasteiger partial charge in [0, 0.05) is 12.1 Å². The number of hydrogen-bond acceptors (Lipinski definition) is 1. The molecule has 2 nitrogen and oxygen atoms in total. The number of rotatable bonds is 3. The Morgan fingerprint density at radius 3 is 2.55 bits per heavy atom. The molecule has 0 unspecified atom stereocenters. The molecule has 1 aromatic carbocycles. The Bertz CT molecular complexity index is 506. The first-order chi connectivity index (χ1) is 9.54. The molecular weight excluding hydrogens is 246 g/mol. The lowest BCUT2D eigenvalue weighted by molar-refractivity contribution is 0.0924. The number of hydrogen-bond donors (Lipinski definition) is 1. The van der Waals surface area contributed by atoms with E-state index in [2.05, 4.69) is 25.2 Å². The maximum absolute atomic E-state index is 12.2. The molecule has 1 amide bonds. The highest BCUT2D eigenvalue weighted by molar-refractivity contribution is 5.95. The molecular formula is C18H25NO. The average molecular weight is 271 g/mol. The lowest BCUT2D eigenvalue weighted by atomic mass is 9.74. The molecule has 20 heavy (non-hydrogen) atoms. The zero-order valence-electron chi connectivity index (χ0n) is 12.8. The highest BCUT2D eigenvalue weighted by atomic mass is 16.1. The quantitative estimate of drug-likeness (QED) is 0.818. The van der Waals surface area contributed by atoms with E-state index in [1.807, 2.05) is 31.2 Å². The number of allylic oxidation sites excluding steroid dienone is 2. The van der Waals surface area contributed by atoms with Crippen molar-refractivity contribution in [3.63, 3.8) is 0 Å². The van der Waals surface area contributed by atoms with Gasteiger partial charge < -0.3 is 5.32 Å². The van der Waals surface area contributed by atoms with Gasteiger partial charge in [0.25, 0.3) is 5.91 Å². The highest BCUT2D eigenvalue weighted by Gasteiger charge is 2.28. The topological polar surface area (TPSA) is 29.1 Å². The summed E-state index contributed by atoms with van der Waals surface area (Å²) in [6.45, 7) is 7.17. The predicted octanol–water partition coefficient (Wildman–Crippen LogP) is 4.25. The van der Waals surface area contributed by atoms with Crippen LogP contribution in [0.1, 0.15) is 55.5 Å². The second kappa shape index (κ2) is 6.25. The Labute approximate surface area is 122 Å². The van der Waals surface area contributed by atoms with E-state index in [4.69, 9.17) is 0 Å². The van der Waals surface area contributed by atoms with Crippen LogP contribution < -0.4 is 5.32 Å². The van der Waals surface area contributed by atoms with Gasteiger partial charge in [-0.05, 0) is 56.6 Å². The second-order valence-corrected chi connectivity index (χ2v) is 6.26. The summed E-state index contributed by atoms with van der Waals surface area (Å²) in [5, 5.41) is 3.12. The second-order valence-electron chi connectivity index (χ2n) is 6.26. The van der Waals surface area contributed by atoms with Crippen LogP contribution in [-0.2, 0) is 0 Å². The largest absolute Gasteiger partial charge is 0.351 e. The molecule has 0 saturated heterocycles. The first kappa shape index (κ1) is 14.8. The summed E-state index contributed by atoms with van der Waals surface area (Å²) in [7, 11) is 0. The van der Waals surface area contributed by atoms with Gasteiger partial charge in [-0.25, -0.2) is 0 Å². The van der Waals surface area contributed by atoms with Crippen LogP contribution in [0.4, 0.5) is 0 Å². The fourth-order valence-electron chi connectivity index (χ4n) is 2.86. The van der Waals surface area contributed by atoms with Crippen LogP contribution in [0.15, 0.2) is 35.9 Å². The minimum atomic E-state index is 0.0566. The normalized spacial score (nSPS) is 22.4. The van der Waals surface area contributed by atoms with Crippen molar-refractivity contribution in [3.05, 3.63) is 47.0 Å². The molecule has 1 fully saturated rings. The van der Waals surface area contributed by atoms with Gasteiger partial charge in [0.15, 0.2) is 0 Å². The lowest BCUT2D eigenvalue weighted by Gasteiger charge is -2.35. The van der Waals surface area contributed by atoms with Gasteiger partial charge in [0.05, 0.1) is 0 Å². The van der Waals surface area contributed by atoms with E-state index in [-0.39, 0.29) is 11.3 Å². The number of aryl methyl sites for hydroxylation is 1. The van der Waals surface area contributed by atoms with Crippen molar-refractivity contribution in [2.24, 2.45) is 5.41 Å². The molecule has 1 saturated carbocycles. The SMILES string of the molecule is CC=C1CCC(C)(CNC(=O)c2ccccc2C)CC1. The molecule has 0 heterocycles. The van der Waals surface area contributed by atoms with Gasteiger partial charge >= 0.3 is 0 Å². The van der Waals surface area contributed by atoms with E-state index in [1.54, 1.807) is 5.57 Å². The van der Waals surface area contributed by atoms with E-state index in [0.29, 0.717) is 0 Å². The van der Waals surface area contributed by atoms with Crippen molar-refractivity contribution < 1.29 is 4.79 Å². The van der Waals surface area contributed by atoms with Crippen molar-refractivity contribution >= 4 is 5.91 Å². The van der Waals surface area contributed by atoms with Crippen molar-refractivity contribution in [2.45, 2.75) is 46.5 Å². The minimum absolute atomic E-state index is 0.0566. The number of amides is 1. The molecule has 0 aliphatic heterocycles. The summed E-state index contributed by atoms with van der Waals surface area (Å²) in [5.74, 6) is 0.0566. The standard InChI is InChI=1S/C18H25NO/c1-4-15-9-11-18(3,12-10-15)13-19-17(20)16-8-6-5-7-14(16)2/h4-8H,9-13H2,1-3H3,(H,19,20). The van der Waals surface area contributed by atoms with Crippen LogP contribution in [0.5, 0.6) is 0 Å². The van der Waals surface area contributed by atoms with Gasteiger partial charge in [-0.3, -0.25) is 4.79 Å². The summed E-state index contributed by atoms with van der Waals surface area (Å²) in [5.41, 5.74) is 3.63. The van der Waals surface area contributed by atoms with Gasteiger partial charge in [-0.2, -0.15) is 0 Å². The van der Waals surface area contributed by atoms with Crippen molar-refractivity contribution in [2.75, 3.05) is 6.54 Å². The molecule has 0 aromatic heterocycles. The molecule has 0 radical (unpaired) electrons. The number of benzene rings is 1. The summed E-state index contributed by atoms with van der Waals surface area (Å²) in [4.78, 5) is 12.2. The smallest absolute Gasteiger partial charge is 0.251 e. The molecule has 1 aromatic rings. The number of carbonyl (C=O) groups is 1. The fourth-order valence-corrected chi connectivity index (χ4v) is 2.86. The zero-order valence-corrected chi connectivity index (χ0v) is 12.8. The van der Waals surface area contributed by atoms with Gasteiger partial charge in [0.2, 0.25) is 0 Å². The van der Waals surface area contributed by atoms with Crippen molar-refractivity contribution in [1.82, 2.24) is 5.32 Å². The monoisotopic (exact) mass is 271 g/mol. The number of carbonyl (C=O) groups excluding carboxylic acids is 1. The fraction of sp³-hybridized carbons (Fsp3) is 0.500. The number of nitrogens with one attached hydrogen (secondary N) is 1. The molecule has 2 heteroatoms. The van der Waals surface area contributed by atoms with Gasteiger partial charge in [0.1, 0.15) is 0 Å². The molecule has 108 valence electrons. The summed E-state index contributed by atoms with van der Waals surface area (Å²) in [6.07, 6.45) is 6.92. The van der Waals surface area contributed by atoms with E-state index < -0.39 is 0 Å². The van der Waals surface area contributed by atoms with Crippen LogP contribution in [0.2, 0.25) is 0 Å². The maximum Gasteiger partial charge on any atom is 0.251 e. The van der Waals surface area contributed by atoms with Crippen molar-refractivity contribution in [1.29, 1.82) is 0 Å². The third-order valence-corrected chi connectivity index (χ3v) is 4.57. The van der Waals surface area contributed by atoms with E-state index in [0.717, 1.165) is 17.7 Å². The Hall–Kier alpha value is -1.57. The highest BCUT2D eigenvalue weighted by Crippen LogP contribution is 2.37. The summed E-state index contributed by atoms with van der Waals surface area (Å²) < 4.78 is 0. The third-order valence-electron chi connectivity index (χ3n) is 4.57. The Kier molecular flexibility index (Phi) is 4.64. The molecule has 1 aliphatic rings. The first-order valence-corrected chi connectivity index (χ1v) is 7.52. The molecule has 1 aliphatic carbocycles. The third kappa shape index (κ3) is 3.50. The average Bonchev–Trinajstić information content (AvgIpc) is 2.46. The minimum Gasteiger partial charge on any atom is -0.351 e. The van der Waals surface area contributed by atoms with Crippen LogP contribution in [0.25, 0.3) is 0 Å². The van der Waals surface area contributed by atoms with Crippen LogP contribution in [0.3, 0.4) is 0 Å². The Morgan fingerprint density at radius 1 is 1.30 bits per heavy atom. The van der Waals surface area contributed by atoms with Crippen molar-refractivity contribution in [3.8, 4) is 0 Å². The molecule has 1 N–H and O–H groups in total. The van der Waals surface area contributed by atoms with Crippen LogP contribution in [0, 0.1) is 12.3 Å². The first-order valence-electron chi connectivity index (χ1n) is 7.52. The van der Waals surface area contributed by atoms with E-state index >= 15 is 0 Å². The Balaban J connectivity index is 1.92. The molecule has 0 spiro atoms. The lowest BCUT2D eigenvalue weighted by Crippen LogP contribution is -2.37. The Morgan fingerprint density at radius 2 is 1.95 bits per heavy atom. The molecule has 0 bridgehead atoms. The van der Waals surface area contributed by atoms with E-state index in [1.165, 1.54) is 25.7 Å². The summed E-state index contributed by atoms with van der Waals surface area (Å²) >= 11 is 0. The predicted molar refractivity (Wildman–Crippen MR) is 83.8 cm³/mol. The van der Waals surface area contributed by atoms with E-state index in [9.17, 15) is 4.79 Å².